The molecule has 2 nitrogen and oxygen atoms in total. The van der Waals surface area contributed by atoms with Gasteiger partial charge in [0, 0.05) is 19.8 Å². The second kappa shape index (κ2) is 15.4. The Bertz CT molecular complexity index is 161. The Hall–Kier alpha value is -1.05. The van der Waals surface area contributed by atoms with Crippen molar-refractivity contribution in [3.05, 3.63) is 24.4 Å². The minimum atomic E-state index is 0. The first-order chi connectivity index (χ1) is 6.11. The first-order valence-electron chi connectivity index (χ1n) is 4.53. The number of carbonyl (C=O) groups excluding carboxylic acids is 1. The fourth-order valence-electron chi connectivity index (χ4n) is 0. The van der Waals surface area contributed by atoms with E-state index in [1.165, 1.54) is 19.4 Å². The fourth-order valence-corrected chi connectivity index (χ4v) is 0. The summed E-state index contributed by atoms with van der Waals surface area (Å²) < 4.78 is 0. The first kappa shape index (κ1) is 23.6. The van der Waals surface area contributed by atoms with E-state index in [4.69, 9.17) is 0 Å². The molecule has 0 aliphatic heterocycles. The van der Waals surface area contributed by atoms with E-state index in [0.29, 0.717) is 0 Å². The van der Waals surface area contributed by atoms with Crippen LogP contribution in [0.15, 0.2) is 24.4 Å². The molecule has 2 heteroatoms. The Balaban J connectivity index is -0.0000000606. The molecule has 0 fully saturated rings. The molecule has 0 aliphatic rings. The predicted molar refractivity (Wildman–Crippen MR) is 72.1 cm³/mol. The lowest BCUT2D eigenvalue weighted by Crippen LogP contribution is -2.05. The summed E-state index contributed by atoms with van der Waals surface area (Å²) >= 11 is 0. The van der Waals surface area contributed by atoms with Gasteiger partial charge in [0.1, 0.15) is 5.78 Å². The number of Topliss-reactive ketones (excluding diaryl/α,β-unsaturated/α-hetero) is 1. The largest absolute Gasteiger partial charge is 0.382 e. The maximum absolute atomic E-state index is 9.44. The highest BCUT2D eigenvalue weighted by atomic mass is 16.1. The molecule has 0 heterocycles. The zero-order valence-electron chi connectivity index (χ0n) is 10.8. The van der Waals surface area contributed by atoms with Gasteiger partial charge in [-0.1, -0.05) is 19.6 Å². The van der Waals surface area contributed by atoms with Crippen molar-refractivity contribution in [3.63, 3.8) is 0 Å². The molecule has 0 aromatic carbocycles. The Morgan fingerprint density at radius 3 is 1.00 bits per heavy atom. The SMILES string of the molecule is C.C=C(C)C.C=C(C)N(C)C.CC(C)=O. The highest BCUT2D eigenvalue weighted by Gasteiger charge is 1.79. The molecule has 92 valence electrons. The average molecular weight is 215 g/mol. The van der Waals surface area contributed by atoms with Crippen LogP contribution in [0.3, 0.4) is 0 Å². The molecule has 15 heavy (non-hydrogen) atoms. The minimum Gasteiger partial charge on any atom is -0.382 e. The standard InChI is InChI=1S/C5H11N.C4H8.C3H6O.CH4/c1-5(2)6(3)4;1-4(2)3;1-3(2)4;/h1H2,2-4H3;1H2,2-3H3;1-2H3;1H4. The van der Waals surface area contributed by atoms with E-state index >= 15 is 0 Å². The molecule has 0 saturated heterocycles. The minimum absolute atomic E-state index is 0. The zero-order chi connectivity index (χ0) is 12.3. The van der Waals surface area contributed by atoms with Crippen LogP contribution in [0.4, 0.5) is 0 Å². The summed E-state index contributed by atoms with van der Waals surface area (Å²) in [5.74, 6) is 0.167. The lowest BCUT2D eigenvalue weighted by atomic mass is 10.4. The van der Waals surface area contributed by atoms with Gasteiger partial charge in [0.05, 0.1) is 0 Å². The number of ketones is 1. The summed E-state index contributed by atoms with van der Waals surface area (Å²) in [6, 6.07) is 0. The maximum atomic E-state index is 9.44. The summed E-state index contributed by atoms with van der Waals surface area (Å²) in [5.41, 5.74) is 2.26. The second-order valence-corrected chi connectivity index (χ2v) is 3.75. The molecule has 0 atom stereocenters. The molecule has 0 aromatic rings. The van der Waals surface area contributed by atoms with Gasteiger partial charge in [-0.05, 0) is 34.6 Å². The van der Waals surface area contributed by atoms with E-state index in [9.17, 15) is 4.79 Å². The van der Waals surface area contributed by atoms with Crippen molar-refractivity contribution >= 4 is 5.78 Å². The van der Waals surface area contributed by atoms with E-state index < -0.39 is 0 Å². The van der Waals surface area contributed by atoms with Gasteiger partial charge in [-0.2, -0.15) is 0 Å². The van der Waals surface area contributed by atoms with Gasteiger partial charge in [0.25, 0.3) is 0 Å². The summed E-state index contributed by atoms with van der Waals surface area (Å²) in [6.45, 7) is 16.2. The average Bonchev–Trinajstić information content (AvgIpc) is 1.83. The van der Waals surface area contributed by atoms with E-state index in [2.05, 4.69) is 13.2 Å². The van der Waals surface area contributed by atoms with E-state index in [0.717, 1.165) is 5.70 Å². The van der Waals surface area contributed by atoms with Crippen molar-refractivity contribution in [2.45, 2.75) is 42.0 Å². The Labute approximate surface area is 96.7 Å². The van der Waals surface area contributed by atoms with Crippen molar-refractivity contribution in [1.82, 2.24) is 4.90 Å². The topological polar surface area (TPSA) is 20.3 Å². The van der Waals surface area contributed by atoms with Gasteiger partial charge in [-0.25, -0.2) is 0 Å². The molecular formula is C13H29NO. The second-order valence-electron chi connectivity index (χ2n) is 3.75. The third-order valence-corrected chi connectivity index (χ3v) is 0.763. The Morgan fingerprint density at radius 1 is 0.933 bits per heavy atom. The quantitative estimate of drug-likeness (QED) is 0.618. The highest BCUT2D eigenvalue weighted by molar-refractivity contribution is 5.72. The van der Waals surface area contributed by atoms with Crippen LogP contribution in [0.25, 0.3) is 0 Å². The first-order valence-corrected chi connectivity index (χ1v) is 4.53. The number of hydrogen-bond donors (Lipinski definition) is 0. The summed E-state index contributed by atoms with van der Waals surface area (Å²) in [5, 5.41) is 0. The van der Waals surface area contributed by atoms with Gasteiger partial charge in [0.15, 0.2) is 0 Å². The maximum Gasteiger partial charge on any atom is 0.126 e. The van der Waals surface area contributed by atoms with Crippen LogP contribution < -0.4 is 0 Å². The van der Waals surface area contributed by atoms with Crippen LogP contribution in [-0.2, 0) is 4.79 Å². The van der Waals surface area contributed by atoms with Crippen LogP contribution in [0.5, 0.6) is 0 Å². The van der Waals surface area contributed by atoms with E-state index in [1.54, 1.807) is 0 Å². The molecule has 0 aliphatic carbocycles. The predicted octanol–water partition coefficient (Wildman–Crippen LogP) is 3.90. The van der Waals surface area contributed by atoms with Gasteiger partial charge < -0.3 is 9.69 Å². The van der Waals surface area contributed by atoms with Crippen LogP contribution in [0.1, 0.15) is 42.0 Å². The molecule has 0 bridgehead atoms. The summed E-state index contributed by atoms with van der Waals surface area (Å²) in [6.07, 6.45) is 0. The monoisotopic (exact) mass is 215 g/mol. The van der Waals surface area contributed by atoms with Crippen molar-refractivity contribution in [3.8, 4) is 0 Å². The van der Waals surface area contributed by atoms with Gasteiger partial charge in [-0.15, -0.1) is 6.58 Å². The lowest BCUT2D eigenvalue weighted by molar-refractivity contribution is -0.114. The number of carbonyl (C=O) groups is 1. The van der Waals surface area contributed by atoms with Crippen molar-refractivity contribution < 1.29 is 4.79 Å². The van der Waals surface area contributed by atoms with Gasteiger partial charge in [0.2, 0.25) is 0 Å². The van der Waals surface area contributed by atoms with Crippen LogP contribution >= 0.6 is 0 Å². The van der Waals surface area contributed by atoms with Crippen molar-refractivity contribution in [2.24, 2.45) is 0 Å². The summed E-state index contributed by atoms with van der Waals surface area (Å²) in [7, 11) is 3.95. The Morgan fingerprint density at radius 2 is 1.00 bits per heavy atom. The molecule has 0 spiro atoms. The molecule has 0 saturated carbocycles. The number of hydrogen-bond acceptors (Lipinski definition) is 2. The van der Waals surface area contributed by atoms with E-state index in [-0.39, 0.29) is 13.2 Å². The molecular weight excluding hydrogens is 186 g/mol. The highest BCUT2D eigenvalue weighted by Crippen LogP contribution is 1.86. The molecule has 0 unspecified atom stereocenters. The number of rotatable bonds is 1. The van der Waals surface area contributed by atoms with Crippen molar-refractivity contribution in [2.75, 3.05) is 14.1 Å². The normalized spacial score (nSPS) is 6.60. The van der Waals surface area contributed by atoms with Crippen LogP contribution in [-0.4, -0.2) is 24.8 Å². The molecule has 0 amide bonds. The molecule has 0 aromatic heterocycles. The Kier molecular flexibility index (Phi) is 24.3. The van der Waals surface area contributed by atoms with Crippen LogP contribution in [0.2, 0.25) is 0 Å². The molecule has 0 rings (SSSR count). The summed E-state index contributed by atoms with van der Waals surface area (Å²) in [4.78, 5) is 11.4. The smallest absolute Gasteiger partial charge is 0.126 e. The number of allylic oxidation sites excluding steroid dienone is 2. The molecule has 0 radical (unpaired) electrons. The third-order valence-electron chi connectivity index (χ3n) is 0.763. The fraction of sp³-hybridized carbons (Fsp3) is 0.615. The van der Waals surface area contributed by atoms with Gasteiger partial charge >= 0.3 is 0 Å². The van der Waals surface area contributed by atoms with Crippen LogP contribution in [0, 0.1) is 0 Å². The van der Waals surface area contributed by atoms with Gasteiger partial charge in [-0.3, -0.25) is 0 Å². The zero-order valence-corrected chi connectivity index (χ0v) is 10.8. The van der Waals surface area contributed by atoms with E-state index in [1.807, 2.05) is 39.8 Å². The lowest BCUT2D eigenvalue weighted by Gasteiger charge is -2.08. The third kappa shape index (κ3) is 178. The number of nitrogens with zero attached hydrogens (tertiary/aromatic N) is 1. The van der Waals surface area contributed by atoms with Crippen molar-refractivity contribution in [1.29, 1.82) is 0 Å². The molecule has 0 N–H and O–H groups in total.